The molecule has 0 aliphatic heterocycles. The summed E-state index contributed by atoms with van der Waals surface area (Å²) < 4.78 is 40.2. The summed E-state index contributed by atoms with van der Waals surface area (Å²) in [7, 11) is -0.434. The number of benzene rings is 2. The van der Waals surface area contributed by atoms with Crippen LogP contribution in [0.2, 0.25) is 0 Å². The highest BCUT2D eigenvalue weighted by molar-refractivity contribution is 7.89. The van der Waals surface area contributed by atoms with Crippen molar-refractivity contribution >= 4 is 10.0 Å². The molecule has 1 N–H and O–H groups in total. The number of hydrogen-bond donors (Lipinski definition) is 1. The molecule has 7 heteroatoms. The first-order chi connectivity index (χ1) is 13.4. The molecule has 0 atom stereocenters. The second-order valence-electron chi connectivity index (χ2n) is 6.43. The van der Waals surface area contributed by atoms with Crippen LogP contribution in [0.25, 0.3) is 5.69 Å². The molecule has 3 rings (SSSR count). The van der Waals surface area contributed by atoms with Gasteiger partial charge in [0.2, 0.25) is 10.0 Å². The van der Waals surface area contributed by atoms with Crippen molar-refractivity contribution in [3.05, 3.63) is 71.5 Å². The zero-order chi connectivity index (χ0) is 20.3. The number of rotatable bonds is 7. The summed E-state index contributed by atoms with van der Waals surface area (Å²) in [6.07, 6.45) is 0. The van der Waals surface area contributed by atoms with E-state index in [1.807, 2.05) is 44.2 Å². The number of methoxy groups -OCH3 is 2. The fourth-order valence-electron chi connectivity index (χ4n) is 3.15. The van der Waals surface area contributed by atoms with Crippen molar-refractivity contribution in [2.75, 3.05) is 14.2 Å². The first kappa shape index (κ1) is 20.0. The molecule has 0 bridgehead atoms. The van der Waals surface area contributed by atoms with Gasteiger partial charge in [0.1, 0.15) is 11.5 Å². The fraction of sp³-hybridized carbons (Fsp3) is 0.238. The number of sulfonamides is 1. The van der Waals surface area contributed by atoms with Gasteiger partial charge >= 0.3 is 0 Å². The summed E-state index contributed by atoms with van der Waals surface area (Å²) in [5.74, 6) is 1.40. The minimum Gasteiger partial charge on any atom is -0.497 e. The van der Waals surface area contributed by atoms with E-state index in [-0.39, 0.29) is 11.4 Å². The van der Waals surface area contributed by atoms with Gasteiger partial charge < -0.3 is 14.0 Å². The van der Waals surface area contributed by atoms with Crippen LogP contribution in [0.3, 0.4) is 0 Å². The van der Waals surface area contributed by atoms with Crippen LogP contribution >= 0.6 is 0 Å². The maximum absolute atomic E-state index is 12.6. The van der Waals surface area contributed by atoms with Crippen LogP contribution in [-0.4, -0.2) is 27.2 Å². The first-order valence-electron chi connectivity index (χ1n) is 8.81. The van der Waals surface area contributed by atoms with Crippen LogP contribution in [0, 0.1) is 13.8 Å². The van der Waals surface area contributed by atoms with Crippen molar-refractivity contribution < 1.29 is 17.9 Å². The molecule has 0 aliphatic rings. The molecular weight excluding hydrogens is 376 g/mol. The standard InChI is InChI=1S/C21H24N2O4S/c1-15-13-17(16(2)23(15)18-5-7-19(26-3)8-6-18)14-22-28(24,25)21-11-9-20(27-4)10-12-21/h5-13,22H,14H2,1-4H3. The van der Waals surface area contributed by atoms with Gasteiger partial charge in [-0.2, -0.15) is 0 Å². The van der Waals surface area contributed by atoms with Crippen LogP contribution in [-0.2, 0) is 16.6 Å². The Balaban J connectivity index is 1.81. The molecule has 0 unspecified atom stereocenters. The predicted molar refractivity (Wildman–Crippen MR) is 109 cm³/mol. The van der Waals surface area contributed by atoms with Gasteiger partial charge in [0, 0.05) is 23.6 Å². The molecule has 1 heterocycles. The number of nitrogens with one attached hydrogen (secondary N) is 1. The van der Waals surface area contributed by atoms with Crippen molar-refractivity contribution in [1.82, 2.24) is 9.29 Å². The number of aromatic nitrogens is 1. The molecule has 2 aromatic carbocycles. The number of ether oxygens (including phenoxy) is 2. The van der Waals surface area contributed by atoms with Crippen LogP contribution in [0.4, 0.5) is 0 Å². The molecule has 28 heavy (non-hydrogen) atoms. The van der Waals surface area contributed by atoms with Crippen LogP contribution in [0.1, 0.15) is 17.0 Å². The van der Waals surface area contributed by atoms with Crippen molar-refractivity contribution in [3.63, 3.8) is 0 Å². The van der Waals surface area contributed by atoms with E-state index in [4.69, 9.17) is 9.47 Å². The molecule has 3 aromatic rings. The Morgan fingerprint density at radius 2 is 1.43 bits per heavy atom. The quantitative estimate of drug-likeness (QED) is 0.658. The molecule has 6 nitrogen and oxygen atoms in total. The topological polar surface area (TPSA) is 69.6 Å². The molecule has 148 valence electrons. The minimum atomic E-state index is -3.61. The van der Waals surface area contributed by atoms with E-state index >= 15 is 0 Å². The lowest BCUT2D eigenvalue weighted by Crippen LogP contribution is -2.23. The molecule has 1 aromatic heterocycles. The van der Waals surface area contributed by atoms with Crippen LogP contribution in [0.5, 0.6) is 11.5 Å². The van der Waals surface area contributed by atoms with Crippen molar-refractivity contribution in [2.24, 2.45) is 0 Å². The first-order valence-corrected chi connectivity index (χ1v) is 10.3. The molecule has 0 amide bonds. The Hall–Kier alpha value is -2.77. The zero-order valence-electron chi connectivity index (χ0n) is 16.4. The number of hydrogen-bond acceptors (Lipinski definition) is 4. The predicted octanol–water partition coefficient (Wildman–Crippen LogP) is 3.59. The Morgan fingerprint density at radius 3 is 1.96 bits per heavy atom. The van der Waals surface area contributed by atoms with Gasteiger partial charge in [-0.3, -0.25) is 0 Å². The molecular formula is C21H24N2O4S. The SMILES string of the molecule is COc1ccc(-n2c(C)cc(CNS(=O)(=O)c3ccc(OC)cc3)c2C)cc1. The number of aryl methyl sites for hydroxylation is 1. The second-order valence-corrected chi connectivity index (χ2v) is 8.20. The van der Waals surface area contributed by atoms with E-state index in [1.165, 1.54) is 12.1 Å². The van der Waals surface area contributed by atoms with E-state index in [2.05, 4.69) is 9.29 Å². The second kappa shape index (κ2) is 8.08. The normalized spacial score (nSPS) is 11.4. The van der Waals surface area contributed by atoms with Gasteiger partial charge in [-0.15, -0.1) is 0 Å². The molecule has 0 aliphatic carbocycles. The lowest BCUT2D eigenvalue weighted by atomic mass is 10.2. The number of nitrogens with zero attached hydrogens (tertiary/aromatic N) is 1. The average Bonchev–Trinajstić information content (AvgIpc) is 3.00. The largest absolute Gasteiger partial charge is 0.497 e. The van der Waals surface area contributed by atoms with Crippen molar-refractivity contribution in [2.45, 2.75) is 25.3 Å². The third kappa shape index (κ3) is 4.05. The summed E-state index contributed by atoms with van der Waals surface area (Å²) in [6.45, 7) is 4.19. The molecule has 0 spiro atoms. The van der Waals surface area contributed by atoms with Gasteiger partial charge in [0.25, 0.3) is 0 Å². The molecule has 0 radical (unpaired) electrons. The van der Waals surface area contributed by atoms with Crippen molar-refractivity contribution in [1.29, 1.82) is 0 Å². The van der Waals surface area contributed by atoms with Gasteiger partial charge in [-0.1, -0.05) is 0 Å². The van der Waals surface area contributed by atoms with Gasteiger partial charge in [-0.25, -0.2) is 13.1 Å². The summed E-state index contributed by atoms with van der Waals surface area (Å²) in [5.41, 5.74) is 3.94. The molecule has 0 saturated carbocycles. The summed E-state index contributed by atoms with van der Waals surface area (Å²) >= 11 is 0. The maximum atomic E-state index is 12.6. The molecule has 0 saturated heterocycles. The van der Waals surface area contributed by atoms with Crippen LogP contribution in [0.15, 0.2) is 59.5 Å². The summed E-state index contributed by atoms with van der Waals surface area (Å²) in [5, 5.41) is 0. The van der Waals surface area contributed by atoms with E-state index in [0.717, 1.165) is 28.4 Å². The summed E-state index contributed by atoms with van der Waals surface area (Å²) in [6, 6.07) is 16.1. The Labute approximate surface area is 165 Å². The van der Waals surface area contributed by atoms with Gasteiger partial charge in [0.15, 0.2) is 0 Å². The lowest BCUT2D eigenvalue weighted by molar-refractivity contribution is 0.414. The highest BCUT2D eigenvalue weighted by Gasteiger charge is 2.16. The van der Waals surface area contributed by atoms with E-state index in [0.29, 0.717) is 5.75 Å². The maximum Gasteiger partial charge on any atom is 0.240 e. The van der Waals surface area contributed by atoms with Crippen LogP contribution < -0.4 is 14.2 Å². The lowest BCUT2D eigenvalue weighted by Gasteiger charge is -2.11. The average molecular weight is 401 g/mol. The van der Waals surface area contributed by atoms with E-state index < -0.39 is 10.0 Å². The highest BCUT2D eigenvalue weighted by Crippen LogP contribution is 2.23. The monoisotopic (exact) mass is 400 g/mol. The fourth-order valence-corrected chi connectivity index (χ4v) is 4.15. The Bertz CT molecular complexity index is 1050. The summed E-state index contributed by atoms with van der Waals surface area (Å²) in [4.78, 5) is 0.206. The van der Waals surface area contributed by atoms with Gasteiger partial charge in [-0.05, 0) is 74.0 Å². The highest BCUT2D eigenvalue weighted by atomic mass is 32.2. The zero-order valence-corrected chi connectivity index (χ0v) is 17.2. The van der Waals surface area contributed by atoms with Crippen molar-refractivity contribution in [3.8, 4) is 17.2 Å². The molecule has 0 fully saturated rings. The van der Waals surface area contributed by atoms with E-state index in [9.17, 15) is 8.42 Å². The van der Waals surface area contributed by atoms with E-state index in [1.54, 1.807) is 26.4 Å². The smallest absolute Gasteiger partial charge is 0.240 e. The third-order valence-electron chi connectivity index (χ3n) is 4.69. The minimum absolute atomic E-state index is 0.206. The third-order valence-corrected chi connectivity index (χ3v) is 6.11. The van der Waals surface area contributed by atoms with Gasteiger partial charge in [0.05, 0.1) is 19.1 Å². The Kier molecular flexibility index (Phi) is 5.76. The Morgan fingerprint density at radius 1 is 0.893 bits per heavy atom.